The number of carbonyl (C=O) groups excluding carboxylic acids is 1. The molecule has 1 aliphatic rings. The lowest BCUT2D eigenvalue weighted by molar-refractivity contribution is -0.115. The van der Waals surface area contributed by atoms with Crippen LogP contribution in [0.3, 0.4) is 0 Å². The van der Waals surface area contributed by atoms with Crippen LogP contribution in [-0.4, -0.2) is 16.7 Å². The van der Waals surface area contributed by atoms with E-state index in [1.807, 2.05) is 11.4 Å². The van der Waals surface area contributed by atoms with E-state index in [0.29, 0.717) is 17.1 Å². The third kappa shape index (κ3) is 3.41. The molecule has 0 saturated carbocycles. The van der Waals surface area contributed by atoms with Gasteiger partial charge < -0.3 is 5.32 Å². The molecule has 0 saturated heterocycles. The Hall–Kier alpha value is -3.06. The summed E-state index contributed by atoms with van der Waals surface area (Å²) in [5, 5.41) is 7.94. The summed E-state index contributed by atoms with van der Waals surface area (Å²) in [4.78, 5) is 20.9. The molecule has 0 spiro atoms. The summed E-state index contributed by atoms with van der Waals surface area (Å²) < 4.78 is 13.2. The van der Waals surface area contributed by atoms with E-state index in [4.69, 9.17) is 0 Å². The number of amidine groups is 1. The smallest absolute Gasteiger partial charge is 0.326 e. The van der Waals surface area contributed by atoms with E-state index < -0.39 is 0 Å². The van der Waals surface area contributed by atoms with Crippen molar-refractivity contribution in [2.45, 2.75) is 6.42 Å². The average Bonchev–Trinajstić information content (AvgIpc) is 3.23. The van der Waals surface area contributed by atoms with E-state index in [-0.39, 0.29) is 18.1 Å². The molecule has 2 N–H and O–H groups in total. The van der Waals surface area contributed by atoms with Crippen molar-refractivity contribution in [1.29, 1.82) is 0 Å². The second kappa shape index (κ2) is 6.45. The van der Waals surface area contributed by atoms with Crippen molar-refractivity contribution in [3.63, 3.8) is 0 Å². The van der Waals surface area contributed by atoms with Gasteiger partial charge in [0.1, 0.15) is 5.82 Å². The van der Waals surface area contributed by atoms with E-state index in [0.717, 1.165) is 17.1 Å². The topological polar surface area (TPSA) is 68.1 Å². The zero-order valence-electron chi connectivity index (χ0n) is 13.0. The maximum absolute atomic E-state index is 13.2. The van der Waals surface area contributed by atoms with Gasteiger partial charge in [-0.1, -0.05) is 12.1 Å². The standard InChI is InChI=1S/C18H13FN4OS/c19-12-3-1-2-11(6-12)7-17(24)21-13-4-5-14-15(8-13)23-18(22-14)16-9-25-10-20-16/h1-6,8-10,22H,7H2,(H,21,24)/q+1. The van der Waals surface area contributed by atoms with Gasteiger partial charge >= 0.3 is 5.84 Å². The number of fused-ring (bicyclic) bond motifs is 1. The van der Waals surface area contributed by atoms with Crippen molar-refractivity contribution < 1.29 is 9.18 Å². The van der Waals surface area contributed by atoms with Crippen LogP contribution in [0.1, 0.15) is 11.3 Å². The number of rotatable bonds is 4. The SMILES string of the molecule is O=C(Cc1cccc(F)c1)Nc1ccc2c(c1)[N+]=C(c1cscn1)N2. The van der Waals surface area contributed by atoms with Gasteiger partial charge in [-0.05, 0) is 34.8 Å². The average molecular weight is 352 g/mol. The highest BCUT2D eigenvalue weighted by Gasteiger charge is 2.27. The van der Waals surface area contributed by atoms with Gasteiger partial charge in [-0.15, -0.1) is 11.3 Å². The number of aliphatic imine (C=N–C) groups is 1. The Balaban J connectivity index is 1.48. The molecule has 5 nitrogen and oxygen atoms in total. The third-order valence-corrected chi connectivity index (χ3v) is 4.28. The normalized spacial score (nSPS) is 12.3. The van der Waals surface area contributed by atoms with Crippen LogP contribution in [0.4, 0.5) is 21.5 Å². The molecule has 123 valence electrons. The molecule has 3 aromatic rings. The molecule has 4 rings (SSSR count). The summed E-state index contributed by atoms with van der Waals surface area (Å²) in [7, 11) is 0. The van der Waals surface area contributed by atoms with Gasteiger partial charge in [0.15, 0.2) is 11.4 Å². The highest BCUT2D eigenvalue weighted by Crippen LogP contribution is 2.29. The molecule has 1 aromatic heterocycles. The van der Waals surface area contributed by atoms with Gasteiger partial charge in [0, 0.05) is 17.1 Å². The van der Waals surface area contributed by atoms with Gasteiger partial charge in [-0.2, -0.15) is 0 Å². The minimum absolute atomic E-state index is 0.112. The molecule has 0 aliphatic carbocycles. The van der Waals surface area contributed by atoms with Gasteiger partial charge in [0.05, 0.1) is 11.9 Å². The van der Waals surface area contributed by atoms with Crippen LogP contribution >= 0.6 is 11.3 Å². The van der Waals surface area contributed by atoms with Crippen LogP contribution in [0.2, 0.25) is 0 Å². The van der Waals surface area contributed by atoms with Gasteiger partial charge in [0.2, 0.25) is 11.6 Å². The number of hydrogen-bond acceptors (Lipinski definition) is 5. The number of aromatic nitrogens is 1. The number of benzene rings is 2. The van der Waals surface area contributed by atoms with Crippen LogP contribution in [0.25, 0.3) is 0 Å². The van der Waals surface area contributed by atoms with Crippen molar-refractivity contribution in [2.24, 2.45) is 0 Å². The van der Waals surface area contributed by atoms with Gasteiger partial charge in [-0.3, -0.25) is 4.79 Å². The second-order valence-electron chi connectivity index (χ2n) is 5.55. The largest absolute Gasteiger partial charge is 0.348 e. The molecule has 0 atom stereocenters. The highest BCUT2D eigenvalue weighted by molar-refractivity contribution is 7.07. The Labute approximate surface area is 147 Å². The summed E-state index contributed by atoms with van der Waals surface area (Å²) in [6, 6.07) is 11.5. The first-order valence-corrected chi connectivity index (χ1v) is 8.54. The van der Waals surface area contributed by atoms with Gasteiger partial charge in [-0.25, -0.2) is 14.7 Å². The van der Waals surface area contributed by atoms with Crippen molar-refractivity contribution in [3.05, 3.63) is 70.4 Å². The molecule has 0 unspecified atom stereocenters. The van der Waals surface area contributed by atoms with E-state index in [9.17, 15) is 9.18 Å². The molecule has 2 heterocycles. The Morgan fingerprint density at radius 1 is 1.28 bits per heavy atom. The van der Waals surface area contributed by atoms with Gasteiger partial charge in [0.25, 0.3) is 0 Å². The lowest BCUT2D eigenvalue weighted by Crippen LogP contribution is -2.14. The van der Waals surface area contributed by atoms with Crippen molar-refractivity contribution in [3.8, 4) is 0 Å². The first kappa shape index (κ1) is 15.5. The number of anilines is 2. The summed E-state index contributed by atoms with van der Waals surface area (Å²) in [5.41, 5.74) is 5.42. The molecular weight excluding hydrogens is 339 g/mol. The minimum atomic E-state index is -0.349. The fourth-order valence-electron chi connectivity index (χ4n) is 2.57. The van der Waals surface area contributed by atoms with Crippen molar-refractivity contribution >= 4 is 40.1 Å². The molecule has 25 heavy (non-hydrogen) atoms. The number of nitrogens with one attached hydrogen (secondary N) is 2. The predicted octanol–water partition coefficient (Wildman–Crippen LogP) is 3.30. The third-order valence-electron chi connectivity index (χ3n) is 3.70. The molecule has 1 aliphatic heterocycles. The number of halogens is 1. The molecular formula is C18H13FN4OS+. The summed E-state index contributed by atoms with van der Waals surface area (Å²) in [6.45, 7) is 0. The minimum Gasteiger partial charge on any atom is -0.326 e. The molecule has 1 amide bonds. The lowest BCUT2D eigenvalue weighted by atomic mass is 10.1. The van der Waals surface area contributed by atoms with E-state index in [1.54, 1.807) is 29.8 Å². The quantitative estimate of drug-likeness (QED) is 0.757. The van der Waals surface area contributed by atoms with Crippen LogP contribution < -0.4 is 15.6 Å². The highest BCUT2D eigenvalue weighted by atomic mass is 32.1. The number of thiazole rings is 1. The molecule has 7 heteroatoms. The Morgan fingerprint density at radius 3 is 3.00 bits per heavy atom. The molecule has 0 bridgehead atoms. The number of hydrogen-bond donors (Lipinski definition) is 2. The van der Waals surface area contributed by atoms with Crippen LogP contribution in [0, 0.1) is 5.82 Å². The van der Waals surface area contributed by atoms with Crippen LogP contribution in [0.5, 0.6) is 0 Å². The maximum Gasteiger partial charge on any atom is 0.348 e. The summed E-state index contributed by atoms with van der Waals surface area (Å²) in [6.07, 6.45) is 0.112. The maximum atomic E-state index is 13.2. The number of amides is 1. The summed E-state index contributed by atoms with van der Waals surface area (Å²) in [5.74, 6) is 0.137. The Kier molecular flexibility index (Phi) is 3.99. The Morgan fingerprint density at radius 2 is 2.20 bits per heavy atom. The van der Waals surface area contributed by atoms with E-state index in [2.05, 4.69) is 20.6 Å². The lowest BCUT2D eigenvalue weighted by Gasteiger charge is -2.05. The summed E-state index contributed by atoms with van der Waals surface area (Å²) >= 11 is 1.50. The molecule has 1 radical (unpaired) electrons. The fourth-order valence-corrected chi connectivity index (χ4v) is 3.11. The number of nitrogens with zero attached hydrogens (tertiary/aromatic N) is 2. The molecule has 2 aromatic carbocycles. The number of carbonyl (C=O) groups is 1. The second-order valence-corrected chi connectivity index (χ2v) is 6.26. The first-order chi connectivity index (χ1) is 12.2. The van der Waals surface area contributed by atoms with Crippen LogP contribution in [-0.2, 0) is 11.2 Å². The van der Waals surface area contributed by atoms with Crippen LogP contribution in [0.15, 0.2) is 53.4 Å². The zero-order valence-corrected chi connectivity index (χ0v) is 13.8. The monoisotopic (exact) mass is 352 g/mol. The first-order valence-electron chi connectivity index (χ1n) is 7.60. The predicted molar refractivity (Wildman–Crippen MR) is 96.8 cm³/mol. The van der Waals surface area contributed by atoms with Crippen molar-refractivity contribution in [1.82, 2.24) is 9.98 Å². The Bertz CT molecular complexity index is 969. The molecule has 0 fully saturated rings. The fraction of sp³-hybridized carbons (Fsp3) is 0.0556. The van der Waals surface area contributed by atoms with E-state index in [1.165, 1.54) is 23.5 Å². The zero-order chi connectivity index (χ0) is 17.2. The van der Waals surface area contributed by atoms with E-state index >= 15 is 0 Å². The van der Waals surface area contributed by atoms with Crippen molar-refractivity contribution in [2.75, 3.05) is 10.6 Å².